The molecule has 0 spiro atoms. The smallest absolute Gasteiger partial charge is 0.234 e. The van der Waals surface area contributed by atoms with Gasteiger partial charge in [-0.25, -0.2) is 0 Å². The Morgan fingerprint density at radius 1 is 1.35 bits per heavy atom. The summed E-state index contributed by atoms with van der Waals surface area (Å²) in [4.78, 5) is 11.6. The lowest BCUT2D eigenvalue weighted by molar-refractivity contribution is -0.113. The molecule has 0 aliphatic heterocycles. The van der Waals surface area contributed by atoms with E-state index in [9.17, 15) is 4.79 Å². The number of hydrogen-bond acceptors (Lipinski definition) is 4. The number of carbonyl (C=O) groups is 1. The minimum absolute atomic E-state index is 0.0318. The van der Waals surface area contributed by atoms with E-state index in [0.29, 0.717) is 23.8 Å². The highest BCUT2D eigenvalue weighted by Crippen LogP contribution is 2.23. The predicted octanol–water partition coefficient (Wildman–Crippen LogP) is 2.01. The summed E-state index contributed by atoms with van der Waals surface area (Å²) < 4.78 is 10.1. The summed E-state index contributed by atoms with van der Waals surface area (Å²) in [5.41, 5.74) is 0.701. The molecule has 1 rings (SSSR count). The van der Waals surface area contributed by atoms with E-state index in [-0.39, 0.29) is 5.91 Å². The maximum absolute atomic E-state index is 11.6. The van der Waals surface area contributed by atoms with Crippen molar-refractivity contribution in [3.05, 3.63) is 24.3 Å². The van der Waals surface area contributed by atoms with Crippen molar-refractivity contribution >= 4 is 23.4 Å². The van der Waals surface area contributed by atoms with Crippen molar-refractivity contribution < 1.29 is 14.3 Å². The van der Waals surface area contributed by atoms with E-state index in [2.05, 4.69) is 5.32 Å². The fourth-order valence-corrected chi connectivity index (χ4v) is 1.93. The Morgan fingerprint density at radius 2 is 2.12 bits per heavy atom. The number of nitrogens with one attached hydrogen (secondary N) is 1. The van der Waals surface area contributed by atoms with Crippen molar-refractivity contribution in [2.45, 2.75) is 0 Å². The van der Waals surface area contributed by atoms with E-state index < -0.39 is 0 Å². The molecule has 1 aromatic carbocycles. The molecular formula is C12H17NO3S. The minimum atomic E-state index is -0.0318. The SMILES string of the molecule is COCCSCC(=O)Nc1ccccc1OC. The second kappa shape index (κ2) is 7.97. The van der Waals surface area contributed by atoms with Crippen molar-refractivity contribution in [2.24, 2.45) is 0 Å². The third kappa shape index (κ3) is 5.10. The van der Waals surface area contributed by atoms with Crippen molar-refractivity contribution in [3.63, 3.8) is 0 Å². The average Bonchev–Trinajstić information content (AvgIpc) is 2.35. The lowest BCUT2D eigenvalue weighted by atomic mass is 10.3. The Morgan fingerprint density at radius 3 is 2.82 bits per heavy atom. The van der Waals surface area contributed by atoms with Crippen LogP contribution in [0.15, 0.2) is 24.3 Å². The molecule has 0 heterocycles. The molecule has 0 fully saturated rings. The number of ether oxygens (including phenoxy) is 2. The Hall–Kier alpha value is -1.20. The molecule has 1 amide bonds. The molecule has 0 aliphatic rings. The van der Waals surface area contributed by atoms with Gasteiger partial charge in [0.1, 0.15) is 5.75 Å². The monoisotopic (exact) mass is 255 g/mol. The average molecular weight is 255 g/mol. The van der Waals surface area contributed by atoms with Crippen LogP contribution >= 0.6 is 11.8 Å². The van der Waals surface area contributed by atoms with Crippen LogP contribution in [0, 0.1) is 0 Å². The second-order valence-electron chi connectivity index (χ2n) is 3.29. The van der Waals surface area contributed by atoms with Crippen LogP contribution in [0.2, 0.25) is 0 Å². The normalized spacial score (nSPS) is 10.0. The highest BCUT2D eigenvalue weighted by Gasteiger charge is 2.06. The third-order valence-corrected chi connectivity index (χ3v) is 2.97. The van der Waals surface area contributed by atoms with Gasteiger partial charge in [0, 0.05) is 12.9 Å². The molecule has 5 heteroatoms. The number of benzene rings is 1. The number of amides is 1. The summed E-state index contributed by atoms with van der Waals surface area (Å²) in [5.74, 6) is 1.87. The molecular weight excluding hydrogens is 238 g/mol. The number of para-hydroxylation sites is 2. The Labute approximate surface area is 106 Å². The van der Waals surface area contributed by atoms with Gasteiger partial charge in [0.25, 0.3) is 0 Å². The van der Waals surface area contributed by atoms with E-state index in [0.717, 1.165) is 5.75 Å². The van der Waals surface area contributed by atoms with Crippen LogP contribution in [0.1, 0.15) is 0 Å². The van der Waals surface area contributed by atoms with Gasteiger partial charge in [-0.05, 0) is 12.1 Å². The van der Waals surface area contributed by atoms with Gasteiger partial charge in [0.15, 0.2) is 0 Å². The summed E-state index contributed by atoms with van der Waals surface area (Å²) in [6, 6.07) is 7.35. The lowest BCUT2D eigenvalue weighted by Crippen LogP contribution is -2.15. The summed E-state index contributed by atoms with van der Waals surface area (Å²) in [6.07, 6.45) is 0. The highest BCUT2D eigenvalue weighted by molar-refractivity contribution is 7.99. The molecule has 0 bridgehead atoms. The Kier molecular flexibility index (Phi) is 6.50. The zero-order valence-corrected chi connectivity index (χ0v) is 10.9. The Balaban J connectivity index is 2.39. The molecule has 0 atom stereocenters. The molecule has 0 radical (unpaired) electrons. The number of rotatable bonds is 7. The van der Waals surface area contributed by atoms with Gasteiger partial charge in [-0.3, -0.25) is 4.79 Å². The molecule has 0 saturated carbocycles. The van der Waals surface area contributed by atoms with Gasteiger partial charge in [-0.2, -0.15) is 0 Å². The molecule has 0 saturated heterocycles. The van der Waals surface area contributed by atoms with Crippen LogP contribution < -0.4 is 10.1 Å². The number of carbonyl (C=O) groups excluding carboxylic acids is 1. The first kappa shape index (κ1) is 13.9. The van der Waals surface area contributed by atoms with Crippen molar-refractivity contribution in [1.29, 1.82) is 0 Å². The van der Waals surface area contributed by atoms with Gasteiger partial charge in [-0.15, -0.1) is 11.8 Å². The number of methoxy groups -OCH3 is 2. The van der Waals surface area contributed by atoms with Gasteiger partial charge >= 0.3 is 0 Å². The van der Waals surface area contributed by atoms with Crippen molar-refractivity contribution in [1.82, 2.24) is 0 Å². The van der Waals surface area contributed by atoms with Crippen LogP contribution in [0.5, 0.6) is 5.75 Å². The van der Waals surface area contributed by atoms with E-state index in [1.165, 1.54) is 0 Å². The minimum Gasteiger partial charge on any atom is -0.495 e. The number of hydrogen-bond donors (Lipinski definition) is 1. The maximum Gasteiger partial charge on any atom is 0.234 e. The molecule has 1 N–H and O–H groups in total. The quantitative estimate of drug-likeness (QED) is 0.757. The highest BCUT2D eigenvalue weighted by atomic mass is 32.2. The number of thioether (sulfide) groups is 1. The van der Waals surface area contributed by atoms with E-state index in [1.54, 1.807) is 26.0 Å². The van der Waals surface area contributed by atoms with Gasteiger partial charge in [0.05, 0.1) is 25.2 Å². The van der Waals surface area contributed by atoms with Gasteiger partial charge < -0.3 is 14.8 Å². The largest absolute Gasteiger partial charge is 0.495 e. The van der Waals surface area contributed by atoms with Gasteiger partial charge in [0.2, 0.25) is 5.91 Å². The van der Waals surface area contributed by atoms with E-state index >= 15 is 0 Å². The lowest BCUT2D eigenvalue weighted by Gasteiger charge is -2.09. The first-order valence-electron chi connectivity index (χ1n) is 5.27. The summed E-state index contributed by atoms with van der Waals surface area (Å²) in [7, 11) is 3.23. The zero-order valence-electron chi connectivity index (χ0n) is 10.1. The van der Waals surface area contributed by atoms with Crippen LogP contribution in [0.3, 0.4) is 0 Å². The van der Waals surface area contributed by atoms with Crippen molar-refractivity contribution in [3.8, 4) is 5.75 Å². The molecule has 0 unspecified atom stereocenters. The fourth-order valence-electron chi connectivity index (χ4n) is 1.24. The zero-order chi connectivity index (χ0) is 12.5. The molecule has 4 nitrogen and oxygen atoms in total. The molecule has 17 heavy (non-hydrogen) atoms. The van der Waals surface area contributed by atoms with Crippen LogP contribution in [-0.4, -0.2) is 38.2 Å². The number of anilines is 1. The molecule has 1 aromatic rings. The van der Waals surface area contributed by atoms with Gasteiger partial charge in [-0.1, -0.05) is 12.1 Å². The second-order valence-corrected chi connectivity index (χ2v) is 4.40. The van der Waals surface area contributed by atoms with E-state index in [4.69, 9.17) is 9.47 Å². The topological polar surface area (TPSA) is 47.6 Å². The predicted molar refractivity (Wildman–Crippen MR) is 70.8 cm³/mol. The van der Waals surface area contributed by atoms with Crippen molar-refractivity contribution in [2.75, 3.05) is 37.6 Å². The maximum atomic E-state index is 11.6. The molecule has 0 aromatic heterocycles. The third-order valence-electron chi connectivity index (χ3n) is 2.05. The summed E-state index contributed by atoms with van der Waals surface area (Å²) in [6.45, 7) is 0.659. The Bertz CT molecular complexity index is 357. The summed E-state index contributed by atoms with van der Waals surface area (Å²) >= 11 is 1.54. The van der Waals surface area contributed by atoms with Crippen LogP contribution in [0.25, 0.3) is 0 Å². The first-order valence-corrected chi connectivity index (χ1v) is 6.43. The molecule has 0 aliphatic carbocycles. The first-order chi connectivity index (χ1) is 8.27. The summed E-state index contributed by atoms with van der Waals surface area (Å²) in [5, 5.41) is 2.81. The fraction of sp³-hybridized carbons (Fsp3) is 0.417. The van der Waals surface area contributed by atoms with Crippen LogP contribution in [0.4, 0.5) is 5.69 Å². The van der Waals surface area contributed by atoms with Crippen LogP contribution in [-0.2, 0) is 9.53 Å². The molecule has 94 valence electrons. The standard InChI is InChI=1S/C12H17NO3S/c1-15-7-8-17-9-12(14)13-10-5-3-4-6-11(10)16-2/h3-6H,7-9H2,1-2H3,(H,13,14). The van der Waals surface area contributed by atoms with E-state index in [1.807, 2.05) is 24.3 Å².